The minimum atomic E-state index is -1.58. The minimum absolute atomic E-state index is 0.00792. The number of rotatable bonds is 59. The SMILES string of the molecule is CCC/C=C/CC/C=C/CC/C=C/C(O)C(COC1OC(CO)C(O)C(O)C1O)NC(=O)CCCCCCCCCCCCCCCC/C=C\CCCCCCCCCCCCCCOC(=O)CCCCCCCCCCCCC. The number of unbranched alkanes of at least 4 members (excludes halogenated alkanes) is 39. The molecule has 1 amide bonds. The van der Waals surface area contributed by atoms with Crippen LogP contribution in [0.2, 0.25) is 0 Å². The zero-order valence-electron chi connectivity index (χ0n) is 51.8. The average Bonchev–Trinajstić information content (AvgIpc) is 3.45. The van der Waals surface area contributed by atoms with Gasteiger partial charge >= 0.3 is 5.97 Å². The number of esters is 1. The molecule has 0 bridgehead atoms. The van der Waals surface area contributed by atoms with Gasteiger partial charge in [-0.15, -0.1) is 0 Å². The molecule has 0 spiro atoms. The summed E-state index contributed by atoms with van der Waals surface area (Å²) in [5.74, 6) is -0.188. The highest BCUT2D eigenvalue weighted by Crippen LogP contribution is 2.23. The Balaban J connectivity index is 1.97. The first-order valence-electron chi connectivity index (χ1n) is 33.9. The predicted molar refractivity (Wildman–Crippen MR) is 334 cm³/mol. The molecule has 7 atom stereocenters. The van der Waals surface area contributed by atoms with E-state index >= 15 is 0 Å². The fourth-order valence-corrected chi connectivity index (χ4v) is 10.5. The van der Waals surface area contributed by atoms with Gasteiger partial charge in [-0.2, -0.15) is 0 Å². The second-order valence-corrected chi connectivity index (χ2v) is 23.5. The zero-order chi connectivity index (χ0) is 58.0. The van der Waals surface area contributed by atoms with Gasteiger partial charge in [0.1, 0.15) is 24.4 Å². The number of aliphatic hydroxyl groups excluding tert-OH is 5. The summed E-state index contributed by atoms with van der Waals surface area (Å²) in [6.45, 7) is 4.26. The van der Waals surface area contributed by atoms with E-state index in [1.807, 2.05) is 6.08 Å². The van der Waals surface area contributed by atoms with E-state index in [1.54, 1.807) is 6.08 Å². The molecule has 1 aliphatic rings. The zero-order valence-corrected chi connectivity index (χ0v) is 51.8. The summed E-state index contributed by atoms with van der Waals surface area (Å²) in [6.07, 6.45) is 65.4. The fraction of sp³-hybridized carbons (Fsp3) is 0.855. The van der Waals surface area contributed by atoms with Crippen LogP contribution >= 0.6 is 0 Å². The fourth-order valence-electron chi connectivity index (χ4n) is 10.5. The van der Waals surface area contributed by atoms with Gasteiger partial charge in [0.15, 0.2) is 6.29 Å². The van der Waals surface area contributed by atoms with Crippen molar-refractivity contribution in [3.8, 4) is 0 Å². The van der Waals surface area contributed by atoms with Crippen LogP contribution in [0.4, 0.5) is 0 Å². The third-order valence-electron chi connectivity index (χ3n) is 15.9. The van der Waals surface area contributed by atoms with Gasteiger partial charge in [0.05, 0.1) is 32.0 Å². The maximum Gasteiger partial charge on any atom is 0.305 e. The van der Waals surface area contributed by atoms with E-state index in [0.29, 0.717) is 19.4 Å². The Morgan fingerprint density at radius 1 is 0.450 bits per heavy atom. The van der Waals surface area contributed by atoms with Crippen molar-refractivity contribution in [2.75, 3.05) is 19.8 Å². The van der Waals surface area contributed by atoms with Gasteiger partial charge in [-0.1, -0.05) is 274 Å². The van der Waals surface area contributed by atoms with E-state index in [4.69, 9.17) is 14.2 Å². The summed E-state index contributed by atoms with van der Waals surface area (Å²) in [5.41, 5.74) is 0. The summed E-state index contributed by atoms with van der Waals surface area (Å²) in [5, 5.41) is 54.3. The van der Waals surface area contributed by atoms with Gasteiger partial charge in [-0.25, -0.2) is 0 Å². The smallest absolute Gasteiger partial charge is 0.305 e. The van der Waals surface area contributed by atoms with E-state index in [2.05, 4.69) is 55.6 Å². The maximum absolute atomic E-state index is 13.0. The van der Waals surface area contributed by atoms with Gasteiger partial charge in [0, 0.05) is 12.8 Å². The third-order valence-corrected chi connectivity index (χ3v) is 15.9. The van der Waals surface area contributed by atoms with E-state index in [-0.39, 0.29) is 18.5 Å². The van der Waals surface area contributed by atoms with E-state index in [9.17, 15) is 35.1 Å². The molecule has 80 heavy (non-hydrogen) atoms. The second kappa shape index (κ2) is 58.4. The number of hydrogen-bond donors (Lipinski definition) is 6. The molecule has 11 heteroatoms. The van der Waals surface area contributed by atoms with Crippen LogP contribution in [-0.2, 0) is 23.8 Å². The Morgan fingerprint density at radius 3 is 1.29 bits per heavy atom. The van der Waals surface area contributed by atoms with Gasteiger partial charge in [0.25, 0.3) is 0 Å². The lowest BCUT2D eigenvalue weighted by atomic mass is 9.99. The molecule has 11 nitrogen and oxygen atoms in total. The van der Waals surface area contributed by atoms with Gasteiger partial charge in [-0.3, -0.25) is 9.59 Å². The van der Waals surface area contributed by atoms with Crippen LogP contribution in [-0.4, -0.2) is 100 Å². The molecule has 0 aliphatic carbocycles. The lowest BCUT2D eigenvalue weighted by molar-refractivity contribution is -0.302. The van der Waals surface area contributed by atoms with Crippen molar-refractivity contribution >= 4 is 11.9 Å². The lowest BCUT2D eigenvalue weighted by Crippen LogP contribution is -2.60. The van der Waals surface area contributed by atoms with E-state index in [1.165, 1.54) is 212 Å². The minimum Gasteiger partial charge on any atom is -0.466 e. The van der Waals surface area contributed by atoms with Crippen molar-refractivity contribution in [3.63, 3.8) is 0 Å². The van der Waals surface area contributed by atoms with E-state index in [0.717, 1.165) is 77.0 Å². The Kier molecular flexibility index (Phi) is 55.2. The lowest BCUT2D eigenvalue weighted by Gasteiger charge is -2.40. The number of carbonyl (C=O) groups is 2. The Bertz CT molecular complexity index is 1470. The highest BCUT2D eigenvalue weighted by molar-refractivity contribution is 5.76. The van der Waals surface area contributed by atoms with Crippen LogP contribution in [0.15, 0.2) is 48.6 Å². The first-order valence-corrected chi connectivity index (χ1v) is 33.9. The highest BCUT2D eigenvalue weighted by Gasteiger charge is 2.44. The molecule has 6 N–H and O–H groups in total. The molecule has 1 fully saturated rings. The molecule has 0 aromatic heterocycles. The molecule has 468 valence electrons. The highest BCUT2D eigenvalue weighted by atomic mass is 16.7. The Hall–Kier alpha value is -2.38. The molecule has 0 aromatic rings. The standard InChI is InChI=1S/C69H127NO10/c1-3-5-7-9-11-13-35-39-43-47-51-55-62(72)61(60-79-69-68(77)67(76)66(75)63(59-71)80-69)70-64(73)56-52-48-44-40-37-33-31-29-27-25-23-21-19-17-15-16-18-20-22-24-26-28-30-32-34-38-42-46-50-54-58-78-65(74)57-53-49-45-41-36-14-12-10-8-6-4-2/h7,9,16,18,35,39,51,55,61-63,66-69,71-72,75-77H,3-6,8,10-15,17,19-34,36-38,40-50,52-54,56-60H2,1-2H3,(H,70,73)/b9-7+,18-16-,39-35+,55-51+. The molecule has 1 rings (SSSR count). The monoisotopic (exact) mass is 1130 g/mol. The van der Waals surface area contributed by atoms with Crippen LogP contribution < -0.4 is 5.32 Å². The number of allylic oxidation sites excluding steroid dienone is 7. The number of aliphatic hydroxyl groups is 5. The summed E-state index contributed by atoms with van der Waals surface area (Å²) >= 11 is 0. The molecule has 0 radical (unpaired) electrons. The van der Waals surface area contributed by atoms with Crippen LogP contribution in [0.1, 0.15) is 316 Å². The number of ether oxygens (including phenoxy) is 3. The number of carbonyl (C=O) groups excluding carboxylic acids is 2. The van der Waals surface area contributed by atoms with Crippen molar-refractivity contribution in [2.24, 2.45) is 0 Å². The largest absolute Gasteiger partial charge is 0.466 e. The molecule has 1 saturated heterocycles. The third kappa shape index (κ3) is 47.0. The predicted octanol–water partition coefficient (Wildman–Crippen LogP) is 16.8. The van der Waals surface area contributed by atoms with Crippen molar-refractivity contribution in [1.29, 1.82) is 0 Å². The normalized spacial score (nSPS) is 18.6. The summed E-state index contributed by atoms with van der Waals surface area (Å²) < 4.78 is 16.7. The molecule has 0 saturated carbocycles. The van der Waals surface area contributed by atoms with Crippen molar-refractivity contribution < 1.29 is 49.3 Å². The second-order valence-electron chi connectivity index (χ2n) is 23.5. The molecule has 0 aromatic carbocycles. The topological polar surface area (TPSA) is 175 Å². The van der Waals surface area contributed by atoms with Crippen LogP contribution in [0.25, 0.3) is 0 Å². The van der Waals surface area contributed by atoms with Gasteiger partial charge < -0.3 is 45.1 Å². The van der Waals surface area contributed by atoms with Crippen molar-refractivity contribution in [3.05, 3.63) is 48.6 Å². The molecule has 7 unspecified atom stereocenters. The first-order chi connectivity index (χ1) is 39.2. The summed E-state index contributed by atoms with van der Waals surface area (Å²) in [7, 11) is 0. The van der Waals surface area contributed by atoms with Gasteiger partial charge in [0.2, 0.25) is 5.91 Å². The molecular formula is C69H127NO10. The number of hydrogen-bond acceptors (Lipinski definition) is 10. The quantitative estimate of drug-likeness (QED) is 0.0195. The van der Waals surface area contributed by atoms with Crippen molar-refractivity contribution in [2.45, 2.75) is 358 Å². The van der Waals surface area contributed by atoms with Crippen LogP contribution in [0, 0.1) is 0 Å². The van der Waals surface area contributed by atoms with Gasteiger partial charge in [-0.05, 0) is 77.0 Å². The molecule has 1 heterocycles. The number of amides is 1. The van der Waals surface area contributed by atoms with E-state index < -0.39 is 49.5 Å². The summed E-state index contributed by atoms with van der Waals surface area (Å²) in [6, 6.07) is -0.833. The van der Waals surface area contributed by atoms with Crippen LogP contribution in [0.3, 0.4) is 0 Å². The summed E-state index contributed by atoms with van der Waals surface area (Å²) in [4.78, 5) is 25.0. The Morgan fingerprint density at radius 2 is 0.838 bits per heavy atom. The maximum atomic E-state index is 13.0. The van der Waals surface area contributed by atoms with Crippen LogP contribution in [0.5, 0.6) is 0 Å². The first kappa shape index (κ1) is 75.6. The molecular weight excluding hydrogens is 1000 g/mol. The number of nitrogens with one attached hydrogen (secondary N) is 1. The molecule has 1 aliphatic heterocycles. The Labute approximate surface area is 491 Å². The average molecular weight is 1130 g/mol. The van der Waals surface area contributed by atoms with Crippen molar-refractivity contribution in [1.82, 2.24) is 5.32 Å².